The average molecular weight is 409 g/mol. The van der Waals surface area contributed by atoms with Gasteiger partial charge in [0, 0.05) is 31.3 Å². The summed E-state index contributed by atoms with van der Waals surface area (Å²) in [4.78, 5) is 48.5. The minimum Gasteiger partial charge on any atom is -0.463 e. The van der Waals surface area contributed by atoms with Crippen LogP contribution in [0, 0.1) is 10.1 Å². The molecule has 0 bridgehead atoms. The number of thioether (sulfide) groups is 1. The molecular formula is C18H23N3O6S. The Morgan fingerprint density at radius 2 is 2.07 bits per heavy atom. The lowest BCUT2D eigenvalue weighted by Crippen LogP contribution is -2.34. The number of nitrogens with one attached hydrogen (secondary N) is 1. The van der Waals surface area contributed by atoms with Crippen LogP contribution in [-0.2, 0) is 14.3 Å². The van der Waals surface area contributed by atoms with Crippen molar-refractivity contribution < 1.29 is 24.0 Å². The van der Waals surface area contributed by atoms with Crippen molar-refractivity contribution in [1.82, 2.24) is 10.2 Å². The lowest BCUT2D eigenvalue weighted by Gasteiger charge is -2.20. The van der Waals surface area contributed by atoms with Gasteiger partial charge in [-0.15, -0.1) is 0 Å². The molecule has 1 N–H and O–H groups in total. The second-order valence-electron chi connectivity index (χ2n) is 6.53. The van der Waals surface area contributed by atoms with E-state index in [1.54, 1.807) is 24.8 Å². The molecule has 0 aliphatic carbocycles. The van der Waals surface area contributed by atoms with Gasteiger partial charge in [-0.3, -0.25) is 24.5 Å². The molecule has 0 aromatic heterocycles. The van der Waals surface area contributed by atoms with Gasteiger partial charge in [-0.2, -0.15) is 0 Å². The zero-order chi connectivity index (χ0) is 20.7. The molecule has 0 saturated carbocycles. The predicted octanol–water partition coefficient (Wildman–Crippen LogP) is 2.65. The molecule has 1 atom stereocenters. The average Bonchev–Trinajstić information content (AvgIpc) is 3.03. The van der Waals surface area contributed by atoms with Crippen molar-refractivity contribution in [2.75, 3.05) is 18.8 Å². The first-order chi connectivity index (χ1) is 13.3. The number of rotatable bonds is 9. The van der Waals surface area contributed by atoms with Gasteiger partial charge >= 0.3 is 5.97 Å². The van der Waals surface area contributed by atoms with E-state index in [1.165, 1.54) is 30.0 Å². The van der Waals surface area contributed by atoms with Crippen molar-refractivity contribution in [2.45, 2.75) is 38.8 Å². The van der Waals surface area contributed by atoms with Crippen LogP contribution in [0.3, 0.4) is 0 Å². The molecule has 0 radical (unpaired) electrons. The SMILES string of the molecule is CC(C)OC(=O)CC(NC(=O)CCN1CCSC1=O)c1ccccc1[N+](=O)[O-]. The van der Waals surface area contributed by atoms with Crippen molar-refractivity contribution in [3.63, 3.8) is 0 Å². The van der Waals surface area contributed by atoms with Crippen LogP contribution in [0.1, 0.15) is 38.3 Å². The fourth-order valence-electron chi connectivity index (χ4n) is 2.80. The van der Waals surface area contributed by atoms with Crippen molar-refractivity contribution in [3.05, 3.63) is 39.9 Å². The highest BCUT2D eigenvalue weighted by molar-refractivity contribution is 8.13. The maximum Gasteiger partial charge on any atom is 0.308 e. The summed E-state index contributed by atoms with van der Waals surface area (Å²) in [7, 11) is 0. The van der Waals surface area contributed by atoms with Crippen LogP contribution < -0.4 is 5.32 Å². The fourth-order valence-corrected chi connectivity index (χ4v) is 3.65. The topological polar surface area (TPSA) is 119 Å². The predicted molar refractivity (Wildman–Crippen MR) is 104 cm³/mol. The number of esters is 1. The van der Waals surface area contributed by atoms with Crippen LogP contribution >= 0.6 is 11.8 Å². The first-order valence-electron chi connectivity index (χ1n) is 8.91. The Balaban J connectivity index is 2.11. The second-order valence-corrected chi connectivity index (χ2v) is 7.58. The molecule has 1 unspecified atom stereocenters. The fraction of sp³-hybridized carbons (Fsp3) is 0.500. The maximum atomic E-state index is 12.4. The molecule has 0 spiro atoms. The van der Waals surface area contributed by atoms with E-state index in [9.17, 15) is 24.5 Å². The second kappa shape index (κ2) is 10.1. The molecule has 152 valence electrons. The Hall–Kier alpha value is -2.62. The number of hydrogen-bond donors (Lipinski definition) is 1. The molecule has 28 heavy (non-hydrogen) atoms. The minimum atomic E-state index is -0.899. The monoisotopic (exact) mass is 409 g/mol. The number of nitro groups is 1. The summed E-state index contributed by atoms with van der Waals surface area (Å²) in [5, 5.41) is 14.0. The summed E-state index contributed by atoms with van der Waals surface area (Å²) in [6, 6.07) is 5.05. The van der Waals surface area contributed by atoms with Gasteiger partial charge in [-0.1, -0.05) is 30.0 Å². The largest absolute Gasteiger partial charge is 0.463 e. The summed E-state index contributed by atoms with van der Waals surface area (Å²) in [6.07, 6.45) is -0.524. The van der Waals surface area contributed by atoms with E-state index < -0.39 is 22.8 Å². The first kappa shape index (κ1) is 21.7. The quantitative estimate of drug-likeness (QED) is 0.378. The highest BCUT2D eigenvalue weighted by Crippen LogP contribution is 2.27. The highest BCUT2D eigenvalue weighted by Gasteiger charge is 2.27. The lowest BCUT2D eigenvalue weighted by molar-refractivity contribution is -0.385. The molecule has 10 heteroatoms. The Bertz CT molecular complexity index is 755. The van der Waals surface area contributed by atoms with Crippen molar-refractivity contribution in [3.8, 4) is 0 Å². The summed E-state index contributed by atoms with van der Waals surface area (Å²) in [6.45, 7) is 4.24. The summed E-state index contributed by atoms with van der Waals surface area (Å²) >= 11 is 1.21. The highest BCUT2D eigenvalue weighted by atomic mass is 32.2. The van der Waals surface area contributed by atoms with Gasteiger partial charge in [0.05, 0.1) is 29.1 Å². The Morgan fingerprint density at radius 3 is 2.68 bits per heavy atom. The normalized spacial score (nSPS) is 14.8. The van der Waals surface area contributed by atoms with E-state index in [0.29, 0.717) is 12.3 Å². The number of nitrogens with zero attached hydrogens (tertiary/aromatic N) is 2. The van der Waals surface area contributed by atoms with E-state index in [1.807, 2.05) is 0 Å². The van der Waals surface area contributed by atoms with Gasteiger partial charge in [0.1, 0.15) is 0 Å². The van der Waals surface area contributed by atoms with Crippen LogP contribution in [0.5, 0.6) is 0 Å². The van der Waals surface area contributed by atoms with Gasteiger partial charge < -0.3 is 15.0 Å². The molecule has 1 aliphatic heterocycles. The zero-order valence-electron chi connectivity index (χ0n) is 15.8. The van der Waals surface area contributed by atoms with E-state index in [4.69, 9.17) is 4.74 Å². The van der Waals surface area contributed by atoms with Crippen LogP contribution in [0.2, 0.25) is 0 Å². The molecule has 1 aromatic carbocycles. The summed E-state index contributed by atoms with van der Waals surface area (Å²) in [5.41, 5.74) is 0.0469. The maximum absolute atomic E-state index is 12.4. The smallest absolute Gasteiger partial charge is 0.308 e. The Labute approximate surface area is 166 Å². The number of hydrogen-bond acceptors (Lipinski definition) is 7. The van der Waals surface area contributed by atoms with E-state index in [-0.39, 0.29) is 42.0 Å². The Morgan fingerprint density at radius 1 is 1.36 bits per heavy atom. The summed E-state index contributed by atoms with van der Waals surface area (Å²) < 4.78 is 5.12. The van der Waals surface area contributed by atoms with Crippen LogP contribution in [0.15, 0.2) is 24.3 Å². The minimum absolute atomic E-state index is 0.0443. The van der Waals surface area contributed by atoms with Gasteiger partial charge in [-0.25, -0.2) is 0 Å². The van der Waals surface area contributed by atoms with E-state index in [0.717, 1.165) is 0 Å². The molecule has 1 saturated heterocycles. The van der Waals surface area contributed by atoms with Gasteiger partial charge in [0.25, 0.3) is 10.9 Å². The number of carbonyl (C=O) groups excluding carboxylic acids is 3. The number of nitro benzene ring substituents is 1. The van der Waals surface area contributed by atoms with Gasteiger partial charge in [-0.05, 0) is 13.8 Å². The summed E-state index contributed by atoms with van der Waals surface area (Å²) in [5.74, 6) is -0.268. The third-order valence-corrected chi connectivity index (χ3v) is 4.93. The molecular weight excluding hydrogens is 386 g/mol. The molecule has 1 aromatic rings. The van der Waals surface area contributed by atoms with Crippen molar-refractivity contribution in [1.29, 1.82) is 0 Å². The third kappa shape index (κ3) is 6.22. The van der Waals surface area contributed by atoms with E-state index in [2.05, 4.69) is 5.32 Å². The van der Waals surface area contributed by atoms with Crippen LogP contribution in [0.25, 0.3) is 0 Å². The first-order valence-corrected chi connectivity index (χ1v) is 9.90. The molecule has 1 fully saturated rings. The molecule has 2 rings (SSSR count). The zero-order valence-corrected chi connectivity index (χ0v) is 16.6. The van der Waals surface area contributed by atoms with Crippen molar-refractivity contribution >= 4 is 34.6 Å². The number of benzene rings is 1. The lowest BCUT2D eigenvalue weighted by atomic mass is 10.0. The number of carbonyl (C=O) groups is 3. The molecule has 1 heterocycles. The number of ether oxygens (including phenoxy) is 1. The van der Waals surface area contributed by atoms with Crippen molar-refractivity contribution in [2.24, 2.45) is 0 Å². The standard InChI is InChI=1S/C18H23N3O6S/c1-12(2)27-17(23)11-14(13-5-3-4-6-15(13)21(25)26)19-16(22)7-8-20-9-10-28-18(20)24/h3-6,12,14H,7-11H2,1-2H3,(H,19,22). The van der Waals surface area contributed by atoms with Crippen LogP contribution in [0.4, 0.5) is 10.5 Å². The van der Waals surface area contributed by atoms with E-state index >= 15 is 0 Å². The molecule has 1 aliphatic rings. The number of amides is 2. The van der Waals surface area contributed by atoms with Gasteiger partial charge in [0.15, 0.2) is 0 Å². The Kier molecular flexibility index (Phi) is 7.80. The van der Waals surface area contributed by atoms with Gasteiger partial charge in [0.2, 0.25) is 5.91 Å². The number of para-hydroxylation sites is 1. The third-order valence-electron chi connectivity index (χ3n) is 4.04. The van der Waals surface area contributed by atoms with Crippen LogP contribution in [-0.4, -0.2) is 51.9 Å². The molecule has 9 nitrogen and oxygen atoms in total. The molecule has 2 amide bonds.